The Bertz CT molecular complexity index is 594. The molecule has 0 atom stereocenters. The molecule has 1 aromatic rings. The van der Waals surface area contributed by atoms with E-state index in [1.807, 2.05) is 20.8 Å². The van der Waals surface area contributed by atoms with Gasteiger partial charge in [-0.2, -0.15) is 0 Å². The van der Waals surface area contributed by atoms with Crippen molar-refractivity contribution < 1.29 is 27.6 Å². The maximum atomic E-state index is 12.4. The van der Waals surface area contributed by atoms with Gasteiger partial charge in [0.1, 0.15) is 23.2 Å². The second-order valence-electron chi connectivity index (χ2n) is 5.95. The molecule has 8 heteroatoms. The summed E-state index contributed by atoms with van der Waals surface area (Å²) in [4.78, 5) is 12.3. The van der Waals surface area contributed by atoms with Crippen LogP contribution in [0.2, 0.25) is 0 Å². The summed E-state index contributed by atoms with van der Waals surface area (Å²) < 4.78 is 33.2. The fraction of sp³-hybridized carbons (Fsp3) is 0.667. The third kappa shape index (κ3) is 4.60. The molecule has 0 fully saturated rings. The zero-order valence-corrected chi connectivity index (χ0v) is 16.0. The summed E-state index contributed by atoms with van der Waals surface area (Å²) in [6.07, 6.45) is -0.173. The van der Waals surface area contributed by atoms with Gasteiger partial charge in [0, 0.05) is 25.2 Å². The molecule has 0 N–H and O–H groups in total. The van der Waals surface area contributed by atoms with E-state index < -0.39 is 13.6 Å². The minimum Gasteiger partial charge on any atom is -0.464 e. The molecule has 1 aromatic heterocycles. The van der Waals surface area contributed by atoms with Gasteiger partial charge >= 0.3 is 13.6 Å². The molecular formula is C15H24ClO6P. The maximum Gasteiger partial charge on any atom is 0.342 e. The number of furan rings is 1. The van der Waals surface area contributed by atoms with Gasteiger partial charge in [0.25, 0.3) is 0 Å². The average molecular weight is 367 g/mol. The van der Waals surface area contributed by atoms with Crippen LogP contribution in [0.4, 0.5) is 0 Å². The van der Waals surface area contributed by atoms with Crippen molar-refractivity contribution in [2.75, 3.05) is 20.8 Å². The van der Waals surface area contributed by atoms with E-state index in [1.54, 1.807) is 6.92 Å². The van der Waals surface area contributed by atoms with Crippen molar-refractivity contribution in [3.05, 3.63) is 22.6 Å². The number of halogens is 1. The summed E-state index contributed by atoms with van der Waals surface area (Å²) in [5.41, 5.74) is 0.376. The average Bonchev–Trinajstić information content (AvgIpc) is 2.85. The third-order valence-corrected chi connectivity index (χ3v) is 5.32. The molecule has 0 aliphatic rings. The molecule has 0 spiro atoms. The largest absolute Gasteiger partial charge is 0.464 e. The normalized spacial score (nSPS) is 12.5. The molecule has 1 heterocycles. The molecule has 0 aromatic carbocycles. The number of carbonyl (C=O) groups excluding carboxylic acids is 1. The van der Waals surface area contributed by atoms with Crippen molar-refractivity contribution in [3.63, 3.8) is 0 Å². The van der Waals surface area contributed by atoms with Crippen LogP contribution in [0.1, 0.15) is 55.1 Å². The smallest absolute Gasteiger partial charge is 0.342 e. The van der Waals surface area contributed by atoms with Gasteiger partial charge in [-0.1, -0.05) is 20.8 Å². The van der Waals surface area contributed by atoms with Crippen molar-refractivity contribution in [1.29, 1.82) is 0 Å². The summed E-state index contributed by atoms with van der Waals surface area (Å²) in [6.45, 7) is 7.73. The van der Waals surface area contributed by atoms with E-state index in [9.17, 15) is 9.36 Å². The highest BCUT2D eigenvalue weighted by Crippen LogP contribution is 2.51. The summed E-state index contributed by atoms with van der Waals surface area (Å²) in [6, 6.07) is 0. The number of hydrogen-bond donors (Lipinski definition) is 0. The quantitative estimate of drug-likeness (QED) is 0.402. The first-order valence-electron chi connectivity index (χ1n) is 7.22. The SMILES string of the molecule is CCOC(=O)c1c(CP(=O)(OC)OC)oc(C(C)(C)C)c1CCl. The minimum atomic E-state index is -3.40. The topological polar surface area (TPSA) is 75.0 Å². The van der Waals surface area contributed by atoms with E-state index in [4.69, 9.17) is 29.8 Å². The fourth-order valence-corrected chi connectivity index (χ4v) is 3.42. The minimum absolute atomic E-state index is 0.0779. The first-order chi connectivity index (χ1) is 10.6. The standard InChI is InChI=1S/C15H24ClO6P/c1-7-21-14(17)12-10(8-16)13(15(2,3)4)22-11(12)9-23(18,19-5)20-6/h7-9H2,1-6H3. The zero-order chi connectivity index (χ0) is 17.8. The Morgan fingerprint density at radius 1 is 1.26 bits per heavy atom. The lowest BCUT2D eigenvalue weighted by atomic mass is 9.90. The van der Waals surface area contributed by atoms with Gasteiger partial charge in [-0.3, -0.25) is 4.57 Å². The van der Waals surface area contributed by atoms with Gasteiger partial charge in [0.2, 0.25) is 0 Å². The lowest BCUT2D eigenvalue weighted by Crippen LogP contribution is -2.14. The Morgan fingerprint density at radius 3 is 2.22 bits per heavy atom. The van der Waals surface area contributed by atoms with Crippen LogP contribution in [0.15, 0.2) is 4.42 Å². The molecule has 0 unspecified atom stereocenters. The monoisotopic (exact) mass is 366 g/mol. The van der Waals surface area contributed by atoms with E-state index in [-0.39, 0.29) is 35.4 Å². The molecular weight excluding hydrogens is 343 g/mol. The van der Waals surface area contributed by atoms with E-state index >= 15 is 0 Å². The number of rotatable bonds is 7. The number of ether oxygens (including phenoxy) is 1. The molecule has 0 bridgehead atoms. The van der Waals surface area contributed by atoms with Crippen LogP contribution in [-0.2, 0) is 35.8 Å². The van der Waals surface area contributed by atoms with Crippen LogP contribution in [0.3, 0.4) is 0 Å². The number of esters is 1. The molecule has 0 aliphatic heterocycles. The molecule has 0 aliphatic carbocycles. The number of hydrogen-bond acceptors (Lipinski definition) is 6. The number of alkyl halides is 1. The Kier molecular flexibility index (Phi) is 6.90. The summed E-state index contributed by atoms with van der Waals surface area (Å²) in [5, 5.41) is 0. The Labute approximate surface area is 142 Å². The van der Waals surface area contributed by atoms with Crippen molar-refractivity contribution in [3.8, 4) is 0 Å². The first kappa shape index (κ1) is 20.2. The second kappa shape index (κ2) is 7.84. The molecule has 0 saturated heterocycles. The lowest BCUT2D eigenvalue weighted by molar-refractivity contribution is 0.0523. The van der Waals surface area contributed by atoms with E-state index in [0.29, 0.717) is 11.3 Å². The highest BCUT2D eigenvalue weighted by Gasteiger charge is 2.35. The molecule has 23 heavy (non-hydrogen) atoms. The van der Waals surface area contributed by atoms with Crippen molar-refractivity contribution in [2.24, 2.45) is 0 Å². The van der Waals surface area contributed by atoms with Crippen molar-refractivity contribution >= 4 is 25.2 Å². The molecule has 0 saturated carbocycles. The van der Waals surface area contributed by atoms with Crippen LogP contribution in [0.25, 0.3) is 0 Å². The Morgan fingerprint density at radius 2 is 1.83 bits per heavy atom. The predicted molar refractivity (Wildman–Crippen MR) is 88.3 cm³/mol. The van der Waals surface area contributed by atoms with Gasteiger partial charge < -0.3 is 18.2 Å². The van der Waals surface area contributed by atoms with Crippen LogP contribution < -0.4 is 0 Å². The molecule has 6 nitrogen and oxygen atoms in total. The Balaban J connectivity index is 3.52. The summed E-state index contributed by atoms with van der Waals surface area (Å²) >= 11 is 6.04. The van der Waals surface area contributed by atoms with Gasteiger partial charge in [-0.25, -0.2) is 4.79 Å². The fourth-order valence-electron chi connectivity index (χ4n) is 2.18. The molecule has 0 radical (unpaired) electrons. The first-order valence-corrected chi connectivity index (χ1v) is 9.48. The van der Waals surface area contributed by atoms with Crippen LogP contribution >= 0.6 is 19.2 Å². The molecule has 1 rings (SSSR count). The van der Waals surface area contributed by atoms with Crippen LogP contribution in [-0.4, -0.2) is 26.8 Å². The lowest BCUT2D eigenvalue weighted by Gasteiger charge is -2.17. The Hall–Kier alpha value is -0.810. The van der Waals surface area contributed by atoms with E-state index in [1.165, 1.54) is 14.2 Å². The van der Waals surface area contributed by atoms with E-state index in [2.05, 4.69) is 0 Å². The van der Waals surface area contributed by atoms with Gasteiger partial charge in [-0.15, -0.1) is 11.6 Å². The molecule has 132 valence electrons. The van der Waals surface area contributed by atoms with Crippen molar-refractivity contribution in [2.45, 2.75) is 45.2 Å². The third-order valence-electron chi connectivity index (χ3n) is 3.27. The van der Waals surface area contributed by atoms with Crippen molar-refractivity contribution in [1.82, 2.24) is 0 Å². The summed E-state index contributed by atoms with van der Waals surface area (Å²) in [7, 11) is -0.838. The van der Waals surface area contributed by atoms with Gasteiger partial charge in [0.15, 0.2) is 0 Å². The van der Waals surface area contributed by atoms with Gasteiger partial charge in [-0.05, 0) is 6.92 Å². The molecule has 0 amide bonds. The predicted octanol–water partition coefficient (Wildman–Crippen LogP) is 4.48. The van der Waals surface area contributed by atoms with Crippen LogP contribution in [0.5, 0.6) is 0 Å². The maximum absolute atomic E-state index is 12.4. The zero-order valence-electron chi connectivity index (χ0n) is 14.4. The highest BCUT2D eigenvalue weighted by molar-refractivity contribution is 7.52. The second-order valence-corrected chi connectivity index (χ2v) is 8.48. The van der Waals surface area contributed by atoms with E-state index in [0.717, 1.165) is 0 Å². The van der Waals surface area contributed by atoms with Gasteiger partial charge in [0.05, 0.1) is 12.5 Å². The number of carbonyl (C=O) groups is 1. The summed E-state index contributed by atoms with van der Waals surface area (Å²) in [5.74, 6) is 0.283. The van der Waals surface area contributed by atoms with Crippen LogP contribution in [0, 0.1) is 0 Å². The highest BCUT2D eigenvalue weighted by atomic mass is 35.5.